The Morgan fingerprint density at radius 1 is 0.722 bits per heavy atom. The lowest BCUT2D eigenvalue weighted by molar-refractivity contribution is 0.232. The van der Waals surface area contributed by atoms with Gasteiger partial charge < -0.3 is 20.8 Å². The second kappa shape index (κ2) is 17.8. The van der Waals surface area contributed by atoms with Gasteiger partial charge in [-0.05, 0) is 80.0 Å². The van der Waals surface area contributed by atoms with Gasteiger partial charge in [-0.1, -0.05) is 12.1 Å². The Kier molecular flexibility index (Phi) is 13.2. The van der Waals surface area contributed by atoms with E-state index in [-0.39, 0.29) is 108 Å². The Bertz CT molecular complexity index is 2040. The molecule has 0 bridgehead atoms. The third-order valence-corrected chi connectivity index (χ3v) is 11.7. The zero-order valence-corrected chi connectivity index (χ0v) is 30.0. The van der Waals surface area contributed by atoms with Crippen LogP contribution >= 0.6 is 0 Å². The molecule has 0 fully saturated rings. The fourth-order valence-electron chi connectivity index (χ4n) is 5.41. The minimum atomic E-state index is -2.90. The van der Waals surface area contributed by atoms with Gasteiger partial charge in [0.2, 0.25) is 11.6 Å². The molecular formula is C30H38F2N12O8S2. The normalized spacial score (nSPS) is 18.3. The molecule has 24 heteroatoms. The zero-order chi connectivity index (χ0) is 38.9. The van der Waals surface area contributed by atoms with E-state index in [0.717, 1.165) is 22.3 Å². The molecule has 0 saturated carbocycles. The fourth-order valence-corrected chi connectivity index (χ4v) is 7.28. The number of hydroxylamine groups is 2. The molecule has 0 amide bonds. The van der Waals surface area contributed by atoms with Gasteiger partial charge >= 0.3 is 0 Å². The molecule has 0 spiro atoms. The number of amidine groups is 2. The van der Waals surface area contributed by atoms with Crippen molar-refractivity contribution in [1.29, 1.82) is 9.56 Å². The number of aliphatic hydroxyl groups excluding tert-OH is 2. The topological polar surface area (TPSA) is 313 Å². The van der Waals surface area contributed by atoms with E-state index in [9.17, 15) is 27.6 Å². The summed E-state index contributed by atoms with van der Waals surface area (Å²) in [6, 6.07) is 8.26. The minimum Gasteiger partial charge on any atom is -0.395 e. The van der Waals surface area contributed by atoms with Crippen LogP contribution in [0, 0.1) is 21.2 Å². The SMILES string of the molecule is N=S(=O)(CCO)CCNc1nonc1C(=N[C@H]1Cc2ccc(F)cc21)NO.N=S(=O)(CCO)CCNc1nonc1C(=N[C@H]1Cc2ccc(F)cc21)NO. The van der Waals surface area contributed by atoms with E-state index in [1.54, 1.807) is 12.1 Å². The molecule has 4 atom stereocenters. The van der Waals surface area contributed by atoms with E-state index in [4.69, 9.17) is 19.8 Å². The number of aromatic nitrogens is 4. The molecule has 2 aromatic carbocycles. The maximum Gasteiger partial charge on any atom is 0.202 e. The maximum atomic E-state index is 13.4. The van der Waals surface area contributed by atoms with Gasteiger partial charge in [-0.3, -0.25) is 40.9 Å². The van der Waals surface area contributed by atoms with E-state index in [0.29, 0.717) is 12.8 Å². The fraction of sp³-hybridized carbons (Fsp3) is 0.400. The highest BCUT2D eigenvalue weighted by atomic mass is 32.2. The van der Waals surface area contributed by atoms with Gasteiger partial charge in [0, 0.05) is 44.1 Å². The third kappa shape index (κ3) is 10.1. The summed E-state index contributed by atoms with van der Waals surface area (Å²) < 4.78 is 75.0. The molecule has 20 nitrogen and oxygen atoms in total. The van der Waals surface area contributed by atoms with Gasteiger partial charge in [0.25, 0.3) is 0 Å². The van der Waals surface area contributed by atoms with Crippen LogP contribution in [-0.4, -0.2) is 111 Å². The summed E-state index contributed by atoms with van der Waals surface area (Å²) in [5, 5.41) is 56.8. The van der Waals surface area contributed by atoms with Crippen LogP contribution in [0.3, 0.4) is 0 Å². The molecular weight excluding hydrogens is 759 g/mol. The van der Waals surface area contributed by atoms with Crippen LogP contribution in [0.5, 0.6) is 0 Å². The second-order valence-corrected chi connectivity index (χ2v) is 16.8. The van der Waals surface area contributed by atoms with Crippen LogP contribution in [0.15, 0.2) is 55.6 Å². The predicted molar refractivity (Wildman–Crippen MR) is 190 cm³/mol. The maximum absolute atomic E-state index is 13.4. The van der Waals surface area contributed by atoms with Crippen LogP contribution in [0.2, 0.25) is 0 Å². The van der Waals surface area contributed by atoms with Crippen molar-refractivity contribution in [1.82, 2.24) is 31.6 Å². The van der Waals surface area contributed by atoms with E-state index >= 15 is 0 Å². The average molecular weight is 797 g/mol. The Balaban J connectivity index is 0.000000208. The Morgan fingerprint density at radius 2 is 1.13 bits per heavy atom. The zero-order valence-electron chi connectivity index (χ0n) is 28.4. The first kappa shape index (κ1) is 40.1. The van der Waals surface area contributed by atoms with Crippen molar-refractivity contribution < 1.29 is 47.1 Å². The van der Waals surface area contributed by atoms with E-state index < -0.39 is 19.5 Å². The lowest BCUT2D eigenvalue weighted by Crippen LogP contribution is -2.26. The molecule has 2 heterocycles. The number of hydrogen-bond donors (Lipinski definition) is 10. The van der Waals surface area contributed by atoms with Crippen molar-refractivity contribution in [2.45, 2.75) is 24.9 Å². The number of anilines is 2. The van der Waals surface area contributed by atoms with Crippen LogP contribution in [0.25, 0.3) is 0 Å². The van der Waals surface area contributed by atoms with Crippen molar-refractivity contribution in [2.24, 2.45) is 9.98 Å². The van der Waals surface area contributed by atoms with Crippen molar-refractivity contribution in [3.05, 3.63) is 81.7 Å². The number of aliphatic hydroxyl groups is 2. The molecule has 2 aromatic heterocycles. The molecule has 10 N–H and O–H groups in total. The minimum absolute atomic E-state index is 0.00579. The highest BCUT2D eigenvalue weighted by molar-refractivity contribution is 7.92. The predicted octanol–water partition coefficient (Wildman–Crippen LogP) is 1.36. The summed E-state index contributed by atoms with van der Waals surface area (Å²) in [4.78, 5) is 8.66. The Labute approximate surface area is 307 Å². The van der Waals surface area contributed by atoms with Crippen LogP contribution in [-0.2, 0) is 32.3 Å². The largest absolute Gasteiger partial charge is 0.395 e. The molecule has 292 valence electrons. The lowest BCUT2D eigenvalue weighted by atomic mass is 9.83. The van der Waals surface area contributed by atoms with Crippen molar-refractivity contribution >= 4 is 42.8 Å². The first-order chi connectivity index (χ1) is 25.9. The Morgan fingerprint density at radius 3 is 1.50 bits per heavy atom. The summed E-state index contributed by atoms with van der Waals surface area (Å²) in [7, 11) is -5.79. The first-order valence-corrected chi connectivity index (χ1v) is 20.0. The Hall–Kier alpha value is -5.14. The number of rotatable bonds is 16. The molecule has 54 heavy (non-hydrogen) atoms. The van der Waals surface area contributed by atoms with Crippen LogP contribution in [0.1, 0.15) is 45.7 Å². The number of hydrogen-bond acceptors (Lipinski definition) is 18. The summed E-state index contributed by atoms with van der Waals surface area (Å²) in [6.45, 7) is -0.402. The van der Waals surface area contributed by atoms with E-state index in [2.05, 4.69) is 50.5 Å². The molecule has 2 aliphatic rings. The van der Waals surface area contributed by atoms with E-state index in [1.165, 1.54) is 24.3 Å². The highest BCUT2D eigenvalue weighted by Crippen LogP contribution is 2.38. The molecule has 4 aromatic rings. The average Bonchev–Trinajstić information content (AvgIpc) is 3.78. The number of halogens is 2. The van der Waals surface area contributed by atoms with Crippen LogP contribution < -0.4 is 21.6 Å². The van der Waals surface area contributed by atoms with Gasteiger partial charge in [-0.15, -0.1) is 0 Å². The van der Waals surface area contributed by atoms with Gasteiger partial charge in [-0.2, -0.15) is 0 Å². The van der Waals surface area contributed by atoms with Gasteiger partial charge in [0.15, 0.2) is 23.1 Å². The lowest BCUT2D eigenvalue weighted by Gasteiger charge is -2.27. The first-order valence-electron chi connectivity index (χ1n) is 16.2. The second-order valence-electron chi connectivity index (χ2n) is 12.0. The summed E-state index contributed by atoms with van der Waals surface area (Å²) in [6.07, 6.45) is 1.19. The van der Waals surface area contributed by atoms with Crippen molar-refractivity contribution in [3.63, 3.8) is 0 Å². The van der Waals surface area contributed by atoms with Crippen molar-refractivity contribution in [3.8, 4) is 0 Å². The van der Waals surface area contributed by atoms with E-state index in [1.807, 2.05) is 11.0 Å². The smallest absolute Gasteiger partial charge is 0.202 e. The third-order valence-electron chi connectivity index (χ3n) is 8.26. The molecule has 2 aliphatic carbocycles. The molecule has 0 aliphatic heterocycles. The standard InChI is InChI=1S/2C15H19FN6O4S/c2*16-10-2-1-9-7-12(11(9)8-10)19-15(20-24)13-14(22-26-21-13)18-3-5-27(17,25)6-4-23/h2*1-2,8,12,17,23-24H,3-7H2,(H,18,22)(H,19,20)/t2*12-,27?/m00/s1. The molecule has 0 saturated heterocycles. The number of aliphatic imine (C=N–C) groups is 2. The number of fused-ring (bicyclic) bond motifs is 2. The number of nitrogens with zero attached hydrogens (tertiary/aromatic N) is 6. The van der Waals surface area contributed by atoms with Gasteiger partial charge in [0.05, 0.1) is 36.8 Å². The van der Waals surface area contributed by atoms with Crippen molar-refractivity contribution in [2.75, 3.05) is 59.9 Å². The van der Waals surface area contributed by atoms with Crippen LogP contribution in [0.4, 0.5) is 20.4 Å². The number of benzene rings is 2. The van der Waals surface area contributed by atoms with Gasteiger partial charge in [0.1, 0.15) is 11.6 Å². The highest BCUT2D eigenvalue weighted by Gasteiger charge is 2.29. The quantitative estimate of drug-likeness (QED) is 0.0435. The number of nitrogens with one attached hydrogen (secondary N) is 6. The summed E-state index contributed by atoms with van der Waals surface area (Å²) in [5.74, 6) is -0.688. The monoisotopic (exact) mass is 796 g/mol. The molecule has 0 radical (unpaired) electrons. The summed E-state index contributed by atoms with van der Waals surface area (Å²) >= 11 is 0. The van der Waals surface area contributed by atoms with Gasteiger partial charge in [-0.25, -0.2) is 26.5 Å². The molecule has 2 unspecified atom stereocenters. The summed E-state index contributed by atoms with van der Waals surface area (Å²) in [5.41, 5.74) is 7.50. The molecule has 6 rings (SSSR count).